The molecule has 0 amide bonds. The predicted molar refractivity (Wildman–Crippen MR) is 58.4 cm³/mol. The highest BCUT2D eigenvalue weighted by molar-refractivity contribution is 9.09. The van der Waals surface area contributed by atoms with Gasteiger partial charge in [-0.05, 0) is 6.92 Å². The van der Waals surface area contributed by atoms with Crippen LogP contribution in [0.25, 0.3) is 0 Å². The lowest BCUT2D eigenvalue weighted by atomic mass is 10.1. The van der Waals surface area contributed by atoms with Gasteiger partial charge in [-0.3, -0.25) is 0 Å². The molecule has 13 heavy (non-hydrogen) atoms. The fraction of sp³-hybridized carbons (Fsp3) is 0.300. The van der Waals surface area contributed by atoms with Crippen LogP contribution in [0.2, 0.25) is 0 Å². The van der Waals surface area contributed by atoms with Crippen LogP contribution < -0.4 is 0 Å². The molecule has 0 aliphatic rings. The maximum atomic E-state index is 5.00. The number of rotatable bonds is 4. The molecule has 0 N–H and O–H groups in total. The van der Waals surface area contributed by atoms with Crippen molar-refractivity contribution in [2.45, 2.75) is 6.92 Å². The van der Waals surface area contributed by atoms with Crippen molar-refractivity contribution in [3.05, 3.63) is 35.9 Å². The average Bonchev–Trinajstić information content (AvgIpc) is 2.21. The maximum Gasteiger partial charge on any atom is 0.114 e. The first-order valence-corrected chi connectivity index (χ1v) is 5.30. The monoisotopic (exact) mass is 241 g/mol. The summed E-state index contributed by atoms with van der Waals surface area (Å²) in [4.78, 5) is 5.00. The maximum absolute atomic E-state index is 5.00. The van der Waals surface area contributed by atoms with E-state index in [1.54, 1.807) is 0 Å². The molecule has 0 radical (unpaired) electrons. The lowest BCUT2D eigenvalue weighted by Crippen LogP contribution is -2.03. The van der Waals surface area contributed by atoms with Crippen LogP contribution in [0.4, 0.5) is 0 Å². The first-order valence-electron chi connectivity index (χ1n) is 4.18. The minimum Gasteiger partial charge on any atom is -0.396 e. The number of halogens is 1. The van der Waals surface area contributed by atoms with E-state index in [9.17, 15) is 0 Å². The lowest BCUT2D eigenvalue weighted by molar-refractivity contribution is 0.159. The Labute approximate surface area is 86.7 Å². The summed E-state index contributed by atoms with van der Waals surface area (Å²) in [5, 5.41) is 4.71. The molecule has 0 aliphatic heterocycles. The standard InChI is InChI=1S/C10H12BrNO/c1-2-13-12-10(8-11)9-6-4-3-5-7-9/h3-7H,2,8H2,1H3/b12-10+. The van der Waals surface area contributed by atoms with Crippen molar-refractivity contribution < 1.29 is 4.84 Å². The first-order chi connectivity index (χ1) is 6.38. The molecule has 0 saturated carbocycles. The number of nitrogens with zero attached hydrogens (tertiary/aromatic N) is 1. The molecule has 1 rings (SSSR count). The van der Waals surface area contributed by atoms with Gasteiger partial charge in [0.1, 0.15) is 6.61 Å². The van der Waals surface area contributed by atoms with Gasteiger partial charge in [0.05, 0.1) is 5.71 Å². The van der Waals surface area contributed by atoms with E-state index in [1.807, 2.05) is 37.3 Å². The molecule has 70 valence electrons. The molecule has 1 aromatic carbocycles. The molecule has 0 aliphatic carbocycles. The van der Waals surface area contributed by atoms with E-state index >= 15 is 0 Å². The molecule has 3 heteroatoms. The second kappa shape index (κ2) is 5.75. The van der Waals surface area contributed by atoms with Crippen molar-refractivity contribution in [1.82, 2.24) is 0 Å². The van der Waals surface area contributed by atoms with E-state index in [2.05, 4.69) is 21.1 Å². The Balaban J connectivity index is 2.78. The second-order valence-electron chi connectivity index (χ2n) is 2.46. The molecule has 0 unspecified atom stereocenters. The molecule has 0 saturated heterocycles. The summed E-state index contributed by atoms with van der Waals surface area (Å²) in [5.41, 5.74) is 2.01. The van der Waals surface area contributed by atoms with Crippen LogP contribution in [-0.4, -0.2) is 17.6 Å². The van der Waals surface area contributed by atoms with E-state index in [0.717, 1.165) is 11.3 Å². The van der Waals surface area contributed by atoms with E-state index in [0.29, 0.717) is 11.9 Å². The third kappa shape index (κ3) is 3.19. The van der Waals surface area contributed by atoms with Gasteiger partial charge in [0.15, 0.2) is 0 Å². The smallest absolute Gasteiger partial charge is 0.114 e. The van der Waals surface area contributed by atoms with Gasteiger partial charge >= 0.3 is 0 Å². The molecule has 2 nitrogen and oxygen atoms in total. The second-order valence-corrected chi connectivity index (χ2v) is 3.02. The Morgan fingerprint density at radius 2 is 2.08 bits per heavy atom. The van der Waals surface area contributed by atoms with Gasteiger partial charge in [0.2, 0.25) is 0 Å². The molecule has 0 aromatic heterocycles. The van der Waals surface area contributed by atoms with E-state index in [1.165, 1.54) is 0 Å². The van der Waals surface area contributed by atoms with Gasteiger partial charge in [0.25, 0.3) is 0 Å². The van der Waals surface area contributed by atoms with Crippen molar-refractivity contribution in [3.63, 3.8) is 0 Å². The number of hydrogen-bond donors (Lipinski definition) is 0. The Morgan fingerprint density at radius 3 is 2.62 bits per heavy atom. The Morgan fingerprint density at radius 1 is 1.38 bits per heavy atom. The highest BCUT2D eigenvalue weighted by Gasteiger charge is 2.00. The minimum atomic E-state index is 0.601. The highest BCUT2D eigenvalue weighted by Crippen LogP contribution is 2.04. The highest BCUT2D eigenvalue weighted by atomic mass is 79.9. The summed E-state index contributed by atoms with van der Waals surface area (Å²) >= 11 is 3.37. The molecule has 1 aromatic rings. The van der Waals surface area contributed by atoms with Crippen molar-refractivity contribution >= 4 is 21.6 Å². The Kier molecular flexibility index (Phi) is 4.54. The number of hydrogen-bond acceptors (Lipinski definition) is 2. The zero-order chi connectivity index (χ0) is 9.52. The van der Waals surface area contributed by atoms with Gasteiger partial charge < -0.3 is 4.84 Å². The van der Waals surface area contributed by atoms with Gasteiger partial charge in [-0.15, -0.1) is 0 Å². The van der Waals surface area contributed by atoms with Crippen LogP contribution in [-0.2, 0) is 4.84 Å². The summed E-state index contributed by atoms with van der Waals surface area (Å²) in [5.74, 6) is 0. The summed E-state index contributed by atoms with van der Waals surface area (Å²) in [7, 11) is 0. The number of benzene rings is 1. The predicted octanol–water partition coefficient (Wildman–Crippen LogP) is 2.82. The topological polar surface area (TPSA) is 21.6 Å². The summed E-state index contributed by atoms with van der Waals surface area (Å²) in [6.45, 7) is 2.52. The van der Waals surface area contributed by atoms with Crippen LogP contribution in [0.15, 0.2) is 35.5 Å². The largest absolute Gasteiger partial charge is 0.396 e. The van der Waals surface area contributed by atoms with Crippen molar-refractivity contribution in [2.75, 3.05) is 11.9 Å². The third-order valence-corrected chi connectivity index (χ3v) is 2.07. The van der Waals surface area contributed by atoms with Gasteiger partial charge in [-0.2, -0.15) is 0 Å². The molecule has 0 heterocycles. The average molecular weight is 242 g/mol. The SMILES string of the molecule is CCO/N=C(\CBr)c1ccccc1. The molecule has 0 spiro atoms. The van der Waals surface area contributed by atoms with Crippen LogP contribution >= 0.6 is 15.9 Å². The summed E-state index contributed by atoms with van der Waals surface area (Å²) in [6, 6.07) is 9.98. The fourth-order valence-electron chi connectivity index (χ4n) is 0.927. The van der Waals surface area contributed by atoms with Gasteiger partial charge in [-0.1, -0.05) is 51.4 Å². The molecular formula is C10H12BrNO. The number of alkyl halides is 1. The van der Waals surface area contributed by atoms with Gasteiger partial charge in [0, 0.05) is 10.9 Å². The zero-order valence-corrected chi connectivity index (χ0v) is 9.12. The van der Waals surface area contributed by atoms with Crippen LogP contribution in [0.5, 0.6) is 0 Å². The van der Waals surface area contributed by atoms with Crippen molar-refractivity contribution in [3.8, 4) is 0 Å². The molecule has 0 fully saturated rings. The summed E-state index contributed by atoms with van der Waals surface area (Å²) < 4.78 is 0. The van der Waals surface area contributed by atoms with E-state index in [-0.39, 0.29) is 0 Å². The van der Waals surface area contributed by atoms with Crippen molar-refractivity contribution in [2.24, 2.45) is 5.16 Å². The first kappa shape index (κ1) is 10.3. The van der Waals surface area contributed by atoms with Crippen LogP contribution in [0.3, 0.4) is 0 Å². The van der Waals surface area contributed by atoms with Gasteiger partial charge in [-0.25, -0.2) is 0 Å². The third-order valence-electron chi connectivity index (χ3n) is 1.54. The zero-order valence-electron chi connectivity index (χ0n) is 7.53. The minimum absolute atomic E-state index is 0.601. The number of oxime groups is 1. The van der Waals surface area contributed by atoms with Crippen LogP contribution in [0.1, 0.15) is 12.5 Å². The summed E-state index contributed by atoms with van der Waals surface area (Å²) in [6.07, 6.45) is 0. The lowest BCUT2D eigenvalue weighted by Gasteiger charge is -2.01. The normalized spacial score (nSPS) is 11.4. The molecular weight excluding hydrogens is 230 g/mol. The fourth-order valence-corrected chi connectivity index (χ4v) is 1.35. The quantitative estimate of drug-likeness (QED) is 0.452. The Hall–Kier alpha value is -0.830. The molecule has 0 bridgehead atoms. The van der Waals surface area contributed by atoms with E-state index in [4.69, 9.17) is 4.84 Å². The van der Waals surface area contributed by atoms with Crippen molar-refractivity contribution in [1.29, 1.82) is 0 Å². The molecule has 0 atom stereocenters. The Bertz CT molecular complexity index is 272. The van der Waals surface area contributed by atoms with Crippen LogP contribution in [0, 0.1) is 0 Å². The van der Waals surface area contributed by atoms with E-state index < -0.39 is 0 Å².